The van der Waals surface area contributed by atoms with Crippen molar-refractivity contribution in [1.82, 2.24) is 0 Å². The number of allylic oxidation sites excluding steroid dienone is 4. The Morgan fingerprint density at radius 2 is 0.940 bits per heavy atom. The second kappa shape index (κ2) is 40.3. The van der Waals surface area contributed by atoms with Crippen LogP contribution in [-0.2, 0) is 29.9 Å². The zero-order valence-corrected chi connectivity index (χ0v) is 33.8. The summed E-state index contributed by atoms with van der Waals surface area (Å²) in [5, 5.41) is 0. The average Bonchev–Trinajstić information content (AvgIpc) is 3.11. The van der Waals surface area contributed by atoms with Crippen LogP contribution in [0.25, 0.3) is 0 Å². The van der Waals surface area contributed by atoms with Gasteiger partial charge in [0.1, 0.15) is 12.7 Å². The molecule has 0 heterocycles. The second-order valence-corrected chi connectivity index (χ2v) is 15.9. The van der Waals surface area contributed by atoms with Crippen molar-refractivity contribution in [2.75, 3.05) is 24.7 Å². The molecule has 0 amide bonds. The van der Waals surface area contributed by atoms with Gasteiger partial charge >= 0.3 is 11.9 Å². The van der Waals surface area contributed by atoms with Gasteiger partial charge in [-0.05, 0) is 83.6 Å². The molecule has 0 saturated carbocycles. The van der Waals surface area contributed by atoms with Crippen molar-refractivity contribution in [2.24, 2.45) is 5.73 Å². The van der Waals surface area contributed by atoms with Crippen LogP contribution in [0.1, 0.15) is 206 Å². The Kier molecular flexibility index (Phi) is 39.1. The van der Waals surface area contributed by atoms with E-state index < -0.39 is 16.9 Å². The minimum atomic E-state index is -1.02. The Balaban J connectivity index is 4.09. The number of rotatable bonds is 39. The van der Waals surface area contributed by atoms with Gasteiger partial charge in [0.15, 0.2) is 0 Å². The molecule has 0 rings (SSSR count). The van der Waals surface area contributed by atoms with Crippen LogP contribution < -0.4 is 5.73 Å². The Labute approximate surface area is 312 Å². The van der Waals surface area contributed by atoms with Gasteiger partial charge in [0.2, 0.25) is 0 Å². The normalized spacial score (nSPS) is 12.9. The van der Waals surface area contributed by atoms with Crippen molar-refractivity contribution < 1.29 is 23.3 Å². The fourth-order valence-corrected chi connectivity index (χ4v) is 7.19. The Bertz CT molecular complexity index is 830. The summed E-state index contributed by atoms with van der Waals surface area (Å²) in [6, 6.07) is 0. The fourth-order valence-electron chi connectivity index (χ4n) is 5.97. The van der Waals surface area contributed by atoms with Gasteiger partial charge in [-0.15, -0.1) is 0 Å². The number of hydrogen-bond donors (Lipinski definition) is 1. The molecule has 0 aliphatic rings. The number of carbonyl (C=O) groups is 2. The minimum absolute atomic E-state index is 0.0378. The lowest BCUT2D eigenvalue weighted by atomic mass is 10.1. The van der Waals surface area contributed by atoms with Crippen LogP contribution in [0.5, 0.6) is 0 Å². The molecule has 0 fully saturated rings. The predicted octanol–water partition coefficient (Wildman–Crippen LogP) is 12.0. The van der Waals surface area contributed by atoms with E-state index in [1.165, 1.54) is 116 Å². The molecule has 294 valence electrons. The lowest BCUT2D eigenvalue weighted by molar-refractivity contribution is -0.159. The van der Waals surface area contributed by atoms with E-state index in [1.807, 2.05) is 0 Å². The lowest BCUT2D eigenvalue weighted by Gasteiger charge is -2.18. The summed E-state index contributed by atoms with van der Waals surface area (Å²) in [6.07, 6.45) is 42.2. The van der Waals surface area contributed by atoms with E-state index in [1.54, 1.807) is 0 Å². The molecule has 0 bridgehead atoms. The van der Waals surface area contributed by atoms with E-state index in [9.17, 15) is 13.8 Å². The smallest absolute Gasteiger partial charge is 0.306 e. The first-order valence-electron chi connectivity index (χ1n) is 21.2. The van der Waals surface area contributed by atoms with E-state index in [2.05, 4.69) is 38.2 Å². The molecule has 0 radical (unpaired) electrons. The van der Waals surface area contributed by atoms with E-state index in [4.69, 9.17) is 15.2 Å². The van der Waals surface area contributed by atoms with Crippen LogP contribution in [0.3, 0.4) is 0 Å². The highest BCUT2D eigenvalue weighted by Gasteiger charge is 2.18. The first-order valence-corrected chi connectivity index (χ1v) is 22.7. The first kappa shape index (κ1) is 48.5. The standard InChI is InChI=1S/C43H81NO5S/c1-3-5-7-9-11-13-15-17-19-21-23-25-27-29-31-34-42(45)48-40-41(36-39-50(47)38-33-37-44)49-43(46)35-32-30-28-26-24-22-20-18-16-14-12-10-8-6-4-2/h17-20,41H,3-16,21-40,44H2,1-2H3/b19-17-,20-18-. The van der Waals surface area contributed by atoms with Gasteiger partial charge < -0.3 is 15.2 Å². The highest BCUT2D eigenvalue weighted by Crippen LogP contribution is 2.14. The fraction of sp³-hybridized carbons (Fsp3) is 0.860. The molecular weight excluding hydrogens is 643 g/mol. The van der Waals surface area contributed by atoms with E-state index in [0.29, 0.717) is 43.7 Å². The molecule has 0 aromatic carbocycles. The van der Waals surface area contributed by atoms with Crippen molar-refractivity contribution in [3.05, 3.63) is 24.3 Å². The zero-order valence-electron chi connectivity index (χ0n) is 33.0. The Morgan fingerprint density at radius 1 is 0.540 bits per heavy atom. The largest absolute Gasteiger partial charge is 0.462 e. The molecule has 6 nitrogen and oxygen atoms in total. The van der Waals surface area contributed by atoms with Crippen molar-refractivity contribution >= 4 is 22.7 Å². The molecule has 0 spiro atoms. The summed E-state index contributed by atoms with van der Waals surface area (Å²) in [7, 11) is -1.02. The van der Waals surface area contributed by atoms with Gasteiger partial charge in [-0.2, -0.15) is 0 Å². The number of unbranched alkanes of at least 4 members (excludes halogenated alkanes) is 22. The molecule has 0 aliphatic heterocycles. The van der Waals surface area contributed by atoms with Crippen LogP contribution in [0.15, 0.2) is 24.3 Å². The van der Waals surface area contributed by atoms with Gasteiger partial charge in [0.05, 0.1) is 0 Å². The maximum atomic E-state index is 12.6. The maximum Gasteiger partial charge on any atom is 0.306 e. The van der Waals surface area contributed by atoms with E-state index >= 15 is 0 Å². The van der Waals surface area contributed by atoms with Gasteiger partial charge in [0.25, 0.3) is 0 Å². The van der Waals surface area contributed by atoms with Crippen molar-refractivity contribution in [2.45, 2.75) is 213 Å². The van der Waals surface area contributed by atoms with Gasteiger partial charge in [0, 0.05) is 35.1 Å². The minimum Gasteiger partial charge on any atom is -0.462 e. The van der Waals surface area contributed by atoms with Gasteiger partial charge in [-0.3, -0.25) is 13.8 Å². The predicted molar refractivity (Wildman–Crippen MR) is 216 cm³/mol. The van der Waals surface area contributed by atoms with Gasteiger partial charge in [-0.25, -0.2) is 0 Å². The van der Waals surface area contributed by atoms with E-state index in [-0.39, 0.29) is 18.5 Å². The third-order valence-electron chi connectivity index (χ3n) is 9.26. The zero-order chi connectivity index (χ0) is 36.6. The first-order chi connectivity index (χ1) is 24.5. The molecule has 2 unspecified atom stereocenters. The summed E-state index contributed by atoms with van der Waals surface area (Å²) < 4.78 is 23.6. The summed E-state index contributed by atoms with van der Waals surface area (Å²) in [4.78, 5) is 25.0. The number of carbonyl (C=O) groups excluding carboxylic acids is 2. The summed E-state index contributed by atoms with van der Waals surface area (Å²) >= 11 is 0. The van der Waals surface area contributed by atoms with Crippen molar-refractivity contribution in [3.63, 3.8) is 0 Å². The third kappa shape index (κ3) is 37.8. The van der Waals surface area contributed by atoms with Gasteiger partial charge in [-0.1, -0.05) is 141 Å². The SMILES string of the molecule is CCCCCCCC/C=C\CCCCCCCC(=O)OCC(CCS(=O)CCCN)OC(=O)CCCCCCC/C=C\CCCCCCCC. The Morgan fingerprint density at radius 3 is 1.38 bits per heavy atom. The monoisotopic (exact) mass is 724 g/mol. The van der Waals surface area contributed by atoms with Crippen LogP contribution in [-0.4, -0.2) is 46.9 Å². The summed E-state index contributed by atoms with van der Waals surface area (Å²) in [6.45, 7) is 5.07. The molecule has 2 N–H and O–H groups in total. The second-order valence-electron chi connectivity index (χ2n) is 14.2. The Hall–Kier alpha value is -1.47. The average molecular weight is 724 g/mol. The van der Waals surface area contributed by atoms with Crippen molar-refractivity contribution in [3.8, 4) is 0 Å². The summed E-state index contributed by atoms with van der Waals surface area (Å²) in [5.41, 5.74) is 5.56. The topological polar surface area (TPSA) is 95.7 Å². The molecular formula is C43H81NO5S. The van der Waals surface area contributed by atoms with Crippen LogP contribution in [0, 0.1) is 0 Å². The highest BCUT2D eigenvalue weighted by atomic mass is 32.2. The van der Waals surface area contributed by atoms with Crippen LogP contribution in [0.2, 0.25) is 0 Å². The maximum absolute atomic E-state index is 12.6. The molecule has 50 heavy (non-hydrogen) atoms. The number of hydrogen-bond acceptors (Lipinski definition) is 6. The quantitative estimate of drug-likeness (QED) is 0.0385. The molecule has 0 aromatic rings. The number of ether oxygens (including phenoxy) is 2. The molecule has 2 atom stereocenters. The van der Waals surface area contributed by atoms with Crippen LogP contribution >= 0.6 is 0 Å². The van der Waals surface area contributed by atoms with E-state index in [0.717, 1.165) is 51.4 Å². The molecule has 0 saturated heterocycles. The number of esters is 2. The third-order valence-corrected chi connectivity index (χ3v) is 10.7. The summed E-state index contributed by atoms with van der Waals surface area (Å²) in [5.74, 6) is 0.456. The molecule has 0 aliphatic carbocycles. The lowest BCUT2D eigenvalue weighted by Crippen LogP contribution is -2.27. The van der Waals surface area contributed by atoms with Crippen molar-refractivity contribution in [1.29, 1.82) is 0 Å². The highest BCUT2D eigenvalue weighted by molar-refractivity contribution is 7.84. The van der Waals surface area contributed by atoms with Crippen LogP contribution in [0.4, 0.5) is 0 Å². The number of nitrogens with two attached hydrogens (primary N) is 1. The molecule has 7 heteroatoms. The molecule has 0 aromatic heterocycles.